The minimum Gasteiger partial charge on any atom is -0.457 e. The van der Waals surface area contributed by atoms with E-state index < -0.39 is 0 Å². The average molecular weight is 330 g/mol. The number of hydrogen-bond acceptors (Lipinski definition) is 3. The molecule has 1 atom stereocenters. The van der Waals surface area contributed by atoms with Crippen molar-refractivity contribution in [2.45, 2.75) is 13.0 Å². The number of ether oxygens (including phenoxy) is 2. The SMILES string of the molecule is CC(/C=C1\c2ccccc2OCOc2cc(Cl)ccc21)N(C)C. The van der Waals surface area contributed by atoms with Crippen molar-refractivity contribution in [3.05, 3.63) is 64.7 Å². The summed E-state index contributed by atoms with van der Waals surface area (Å²) in [6.45, 7) is 2.33. The third kappa shape index (κ3) is 3.36. The second kappa shape index (κ2) is 6.65. The molecule has 4 heteroatoms. The minimum atomic E-state index is 0.168. The summed E-state index contributed by atoms with van der Waals surface area (Å²) in [6, 6.07) is 14.0. The molecule has 1 aliphatic heterocycles. The molecule has 1 heterocycles. The van der Waals surface area contributed by atoms with Crippen LogP contribution in [0.15, 0.2) is 48.5 Å². The van der Waals surface area contributed by atoms with Gasteiger partial charge in [0.15, 0.2) is 0 Å². The summed E-state index contributed by atoms with van der Waals surface area (Å²) in [4.78, 5) is 2.16. The van der Waals surface area contributed by atoms with E-state index in [2.05, 4.69) is 38.1 Å². The lowest BCUT2D eigenvalue weighted by Gasteiger charge is -2.24. The zero-order chi connectivity index (χ0) is 16.4. The van der Waals surface area contributed by atoms with Crippen LogP contribution in [0.5, 0.6) is 11.5 Å². The Balaban J connectivity index is 2.22. The quantitative estimate of drug-likeness (QED) is 0.812. The molecule has 0 radical (unpaired) electrons. The van der Waals surface area contributed by atoms with E-state index in [4.69, 9.17) is 21.1 Å². The number of fused-ring (bicyclic) bond motifs is 2. The topological polar surface area (TPSA) is 21.7 Å². The van der Waals surface area contributed by atoms with Gasteiger partial charge in [-0.1, -0.05) is 35.9 Å². The van der Waals surface area contributed by atoms with Crippen molar-refractivity contribution in [2.24, 2.45) is 0 Å². The van der Waals surface area contributed by atoms with Crippen LogP contribution in [0, 0.1) is 0 Å². The van der Waals surface area contributed by atoms with Crippen LogP contribution >= 0.6 is 11.6 Å². The van der Waals surface area contributed by atoms with E-state index >= 15 is 0 Å². The molecular weight excluding hydrogens is 310 g/mol. The minimum absolute atomic E-state index is 0.168. The fourth-order valence-corrected chi connectivity index (χ4v) is 2.69. The summed E-state index contributed by atoms with van der Waals surface area (Å²) in [7, 11) is 4.12. The number of hydrogen-bond donors (Lipinski definition) is 0. The lowest BCUT2D eigenvalue weighted by molar-refractivity contribution is 0.118. The van der Waals surface area contributed by atoms with Crippen molar-refractivity contribution in [1.82, 2.24) is 4.90 Å². The molecule has 0 N–H and O–H groups in total. The summed E-state index contributed by atoms with van der Waals surface area (Å²) in [6.07, 6.45) is 2.23. The maximum atomic E-state index is 6.13. The van der Waals surface area contributed by atoms with Gasteiger partial charge in [0.25, 0.3) is 0 Å². The molecule has 2 aromatic carbocycles. The molecule has 0 saturated heterocycles. The largest absolute Gasteiger partial charge is 0.457 e. The molecule has 0 aliphatic carbocycles. The molecule has 0 fully saturated rings. The van der Waals surface area contributed by atoms with Crippen LogP contribution in [0.4, 0.5) is 0 Å². The highest BCUT2D eigenvalue weighted by Gasteiger charge is 2.19. The molecule has 0 saturated carbocycles. The maximum Gasteiger partial charge on any atom is 0.230 e. The van der Waals surface area contributed by atoms with E-state index in [1.807, 2.05) is 36.4 Å². The highest BCUT2D eigenvalue weighted by molar-refractivity contribution is 6.30. The molecular formula is C19H20ClNO2. The number of rotatable bonds is 2. The molecule has 120 valence electrons. The summed E-state index contributed by atoms with van der Waals surface area (Å²) in [5.74, 6) is 1.56. The molecule has 0 aromatic heterocycles. The van der Waals surface area contributed by atoms with E-state index in [0.29, 0.717) is 5.02 Å². The fourth-order valence-electron chi connectivity index (χ4n) is 2.52. The van der Waals surface area contributed by atoms with E-state index in [0.717, 1.165) is 28.2 Å². The summed E-state index contributed by atoms with van der Waals surface area (Å²) < 4.78 is 11.6. The molecule has 3 rings (SSSR count). The van der Waals surface area contributed by atoms with Crippen LogP contribution in [-0.2, 0) is 0 Å². The average Bonchev–Trinajstić information content (AvgIpc) is 2.52. The van der Waals surface area contributed by atoms with E-state index in [1.54, 1.807) is 0 Å². The van der Waals surface area contributed by atoms with Gasteiger partial charge < -0.3 is 14.4 Å². The van der Waals surface area contributed by atoms with Crippen molar-refractivity contribution in [3.63, 3.8) is 0 Å². The molecule has 0 bridgehead atoms. The Kier molecular flexibility index (Phi) is 4.60. The maximum absolute atomic E-state index is 6.13. The third-order valence-electron chi connectivity index (χ3n) is 4.06. The fraction of sp³-hybridized carbons (Fsp3) is 0.263. The van der Waals surface area contributed by atoms with Gasteiger partial charge in [0.1, 0.15) is 11.5 Å². The number of nitrogens with zero attached hydrogens (tertiary/aromatic N) is 1. The van der Waals surface area contributed by atoms with Crippen LogP contribution in [-0.4, -0.2) is 31.8 Å². The monoisotopic (exact) mass is 329 g/mol. The molecule has 0 spiro atoms. The summed E-state index contributed by atoms with van der Waals surface area (Å²) >= 11 is 6.13. The second-order valence-electron chi connectivity index (χ2n) is 5.83. The highest BCUT2D eigenvalue weighted by Crippen LogP contribution is 2.39. The Labute approximate surface area is 142 Å². The van der Waals surface area contributed by atoms with Gasteiger partial charge in [0, 0.05) is 22.2 Å². The van der Waals surface area contributed by atoms with Gasteiger partial charge in [-0.2, -0.15) is 0 Å². The number of para-hydroxylation sites is 1. The van der Waals surface area contributed by atoms with Crippen LogP contribution in [0.2, 0.25) is 5.02 Å². The molecule has 0 amide bonds. The molecule has 2 aromatic rings. The zero-order valence-electron chi connectivity index (χ0n) is 13.5. The second-order valence-corrected chi connectivity index (χ2v) is 6.26. The van der Waals surface area contributed by atoms with Crippen molar-refractivity contribution in [1.29, 1.82) is 0 Å². The molecule has 1 aliphatic rings. The predicted octanol–water partition coefficient (Wildman–Crippen LogP) is 4.45. The number of likely N-dealkylation sites (N-methyl/N-ethyl adjacent to an activating group) is 1. The normalized spacial score (nSPS) is 16.7. The van der Waals surface area contributed by atoms with E-state index in [9.17, 15) is 0 Å². The number of halogens is 1. The Morgan fingerprint density at radius 2 is 1.74 bits per heavy atom. The Bertz CT molecular complexity index is 740. The molecule has 23 heavy (non-hydrogen) atoms. The first-order chi connectivity index (χ1) is 11.1. The van der Waals surface area contributed by atoms with E-state index in [-0.39, 0.29) is 12.8 Å². The Morgan fingerprint density at radius 1 is 1.04 bits per heavy atom. The van der Waals surface area contributed by atoms with Gasteiger partial charge in [0.05, 0.1) is 0 Å². The van der Waals surface area contributed by atoms with Crippen LogP contribution in [0.25, 0.3) is 5.57 Å². The number of benzene rings is 2. The standard InChI is InChI=1S/C19H20ClNO2/c1-13(21(2)3)10-17-15-6-4-5-7-18(15)22-12-23-19-11-14(20)8-9-16(17)19/h4-11,13H,12H2,1-3H3/b17-10+. The van der Waals surface area contributed by atoms with Gasteiger partial charge in [-0.05, 0) is 50.9 Å². The lowest BCUT2D eigenvalue weighted by Crippen LogP contribution is -2.23. The van der Waals surface area contributed by atoms with Crippen molar-refractivity contribution >= 4 is 17.2 Å². The molecule has 3 nitrogen and oxygen atoms in total. The van der Waals surface area contributed by atoms with Crippen LogP contribution in [0.1, 0.15) is 18.1 Å². The predicted molar refractivity (Wildman–Crippen MR) is 94.2 cm³/mol. The Hall–Kier alpha value is -1.97. The zero-order valence-corrected chi connectivity index (χ0v) is 14.3. The third-order valence-corrected chi connectivity index (χ3v) is 4.30. The van der Waals surface area contributed by atoms with Crippen LogP contribution < -0.4 is 9.47 Å². The van der Waals surface area contributed by atoms with Crippen molar-refractivity contribution in [2.75, 3.05) is 20.9 Å². The summed E-state index contributed by atoms with van der Waals surface area (Å²) in [5, 5.41) is 0.651. The lowest BCUT2D eigenvalue weighted by atomic mass is 9.94. The van der Waals surface area contributed by atoms with Crippen molar-refractivity contribution < 1.29 is 9.47 Å². The Morgan fingerprint density at radius 3 is 2.52 bits per heavy atom. The summed E-state index contributed by atoms with van der Waals surface area (Å²) in [5.41, 5.74) is 3.18. The van der Waals surface area contributed by atoms with Gasteiger partial charge in [-0.3, -0.25) is 0 Å². The van der Waals surface area contributed by atoms with Crippen molar-refractivity contribution in [3.8, 4) is 11.5 Å². The smallest absolute Gasteiger partial charge is 0.230 e. The first-order valence-corrected chi connectivity index (χ1v) is 7.97. The highest BCUT2D eigenvalue weighted by atomic mass is 35.5. The first-order valence-electron chi connectivity index (χ1n) is 7.59. The van der Waals surface area contributed by atoms with Gasteiger partial charge in [0.2, 0.25) is 6.79 Å². The van der Waals surface area contributed by atoms with E-state index in [1.165, 1.54) is 0 Å². The van der Waals surface area contributed by atoms with Crippen LogP contribution in [0.3, 0.4) is 0 Å². The van der Waals surface area contributed by atoms with Gasteiger partial charge >= 0.3 is 0 Å². The first kappa shape index (κ1) is 15.9. The van der Waals surface area contributed by atoms with Gasteiger partial charge in [-0.25, -0.2) is 0 Å². The van der Waals surface area contributed by atoms with Gasteiger partial charge in [-0.15, -0.1) is 0 Å². The molecule has 1 unspecified atom stereocenters.